The molecular weight excluding hydrogens is 534 g/mol. The number of hydrogen-bond acceptors (Lipinski definition) is 5. The van der Waals surface area contributed by atoms with E-state index in [1.54, 1.807) is 35.6 Å². The first-order valence-electron chi connectivity index (χ1n) is 14.2. The molecule has 2 aliphatic heterocycles. The number of H-pyrrole nitrogens is 1. The van der Waals surface area contributed by atoms with Crippen LogP contribution in [0.15, 0.2) is 41.3 Å². The number of nitrogens with one attached hydrogen (secondary N) is 2. The Bertz CT molecular complexity index is 1460. The lowest BCUT2D eigenvalue weighted by Gasteiger charge is -2.29. The molecule has 1 unspecified atom stereocenters. The first-order chi connectivity index (χ1) is 19.7. The van der Waals surface area contributed by atoms with Gasteiger partial charge in [0.1, 0.15) is 0 Å². The van der Waals surface area contributed by atoms with Gasteiger partial charge in [0.25, 0.3) is 0 Å². The molecular formula is C29H36F2N6O4. The molecule has 2 saturated heterocycles. The van der Waals surface area contributed by atoms with Crippen LogP contribution in [0.4, 0.5) is 18.4 Å². The first kappa shape index (κ1) is 28.6. The second kappa shape index (κ2) is 12.3. The third-order valence-corrected chi connectivity index (χ3v) is 7.93. The minimum absolute atomic E-state index is 0.0700. The number of benzene rings is 1. The van der Waals surface area contributed by atoms with E-state index in [2.05, 4.69) is 15.3 Å². The molecule has 2 aliphatic rings. The van der Waals surface area contributed by atoms with E-state index in [1.807, 2.05) is 6.07 Å². The summed E-state index contributed by atoms with van der Waals surface area (Å²) in [6, 6.07) is 7.00. The van der Waals surface area contributed by atoms with E-state index in [9.17, 15) is 23.2 Å². The largest absolute Gasteiger partial charge is 0.447 e. The fourth-order valence-corrected chi connectivity index (χ4v) is 5.95. The van der Waals surface area contributed by atoms with E-state index in [1.165, 1.54) is 17.0 Å². The maximum Gasteiger partial charge on any atom is 0.410 e. The van der Waals surface area contributed by atoms with Gasteiger partial charge in [0, 0.05) is 50.4 Å². The zero-order valence-electron chi connectivity index (χ0n) is 23.3. The van der Waals surface area contributed by atoms with Crippen LogP contribution in [-0.4, -0.2) is 74.8 Å². The van der Waals surface area contributed by atoms with Crippen LogP contribution in [0.25, 0.3) is 11.2 Å². The van der Waals surface area contributed by atoms with Crippen molar-refractivity contribution in [2.75, 3.05) is 26.2 Å². The number of pyridine rings is 1. The van der Waals surface area contributed by atoms with Gasteiger partial charge in [-0.3, -0.25) is 9.55 Å². The molecule has 0 radical (unpaired) electrons. The highest BCUT2D eigenvalue weighted by Crippen LogP contribution is 2.30. The molecule has 12 heteroatoms. The molecule has 41 heavy (non-hydrogen) atoms. The van der Waals surface area contributed by atoms with Crippen molar-refractivity contribution in [1.82, 2.24) is 29.7 Å². The van der Waals surface area contributed by atoms with Gasteiger partial charge in [-0.1, -0.05) is 12.1 Å². The summed E-state index contributed by atoms with van der Waals surface area (Å²) in [7, 11) is 0. The van der Waals surface area contributed by atoms with Crippen molar-refractivity contribution in [2.45, 2.75) is 70.1 Å². The SMILES string of the molecule is CC(C)OC(=O)N1C[C@H](NC(=O)N2CCCC(n3c(=O)[nH]c4ncccc43)CC2)CC[C@@H](c2cccc(F)c2F)C1. The quantitative estimate of drug-likeness (QED) is 0.479. The second-order valence-electron chi connectivity index (χ2n) is 11.1. The molecule has 4 heterocycles. The number of aromatic nitrogens is 3. The number of amides is 3. The first-order valence-corrected chi connectivity index (χ1v) is 14.2. The predicted octanol–water partition coefficient (Wildman–Crippen LogP) is 4.53. The van der Waals surface area contributed by atoms with Crippen molar-refractivity contribution in [1.29, 1.82) is 0 Å². The number of carbonyl (C=O) groups is 2. The molecule has 0 saturated carbocycles. The summed E-state index contributed by atoms with van der Waals surface area (Å²) < 4.78 is 35.8. The zero-order valence-corrected chi connectivity index (χ0v) is 23.3. The summed E-state index contributed by atoms with van der Waals surface area (Å²) >= 11 is 0. The maximum absolute atomic E-state index is 14.7. The van der Waals surface area contributed by atoms with Gasteiger partial charge in [-0.05, 0) is 69.7 Å². The Morgan fingerprint density at radius 1 is 1.05 bits per heavy atom. The number of aromatic amines is 1. The highest BCUT2D eigenvalue weighted by Gasteiger charge is 2.33. The number of nitrogens with zero attached hydrogens (tertiary/aromatic N) is 4. The maximum atomic E-state index is 14.7. The molecule has 2 aromatic heterocycles. The number of likely N-dealkylation sites (tertiary alicyclic amines) is 2. The minimum atomic E-state index is -0.932. The smallest absolute Gasteiger partial charge is 0.410 e. The van der Waals surface area contributed by atoms with Crippen molar-refractivity contribution in [3.8, 4) is 0 Å². The van der Waals surface area contributed by atoms with Crippen LogP contribution in [0, 0.1) is 11.6 Å². The van der Waals surface area contributed by atoms with Gasteiger partial charge in [-0.25, -0.2) is 28.1 Å². The van der Waals surface area contributed by atoms with Gasteiger partial charge in [0.2, 0.25) is 0 Å². The molecule has 1 aromatic carbocycles. The minimum Gasteiger partial charge on any atom is -0.447 e. The number of hydrogen-bond donors (Lipinski definition) is 2. The van der Waals surface area contributed by atoms with Crippen molar-refractivity contribution >= 4 is 23.3 Å². The number of carbonyl (C=O) groups excluding carboxylic acids is 2. The average molecular weight is 571 g/mol. The highest BCUT2D eigenvalue weighted by atomic mass is 19.2. The third-order valence-electron chi connectivity index (χ3n) is 7.93. The van der Waals surface area contributed by atoms with Gasteiger partial charge in [0.05, 0.1) is 11.6 Å². The van der Waals surface area contributed by atoms with E-state index >= 15 is 0 Å². The second-order valence-corrected chi connectivity index (χ2v) is 11.1. The van der Waals surface area contributed by atoms with Crippen LogP contribution in [-0.2, 0) is 4.74 Å². The average Bonchev–Trinajstić information content (AvgIpc) is 3.09. The molecule has 0 spiro atoms. The van der Waals surface area contributed by atoms with Gasteiger partial charge in [0.15, 0.2) is 17.3 Å². The lowest BCUT2D eigenvalue weighted by molar-refractivity contribution is 0.0742. The molecule has 2 N–H and O–H groups in total. The number of urea groups is 1. The van der Waals surface area contributed by atoms with Crippen molar-refractivity contribution in [2.24, 2.45) is 0 Å². The standard InChI is InChI=1S/C29H36F2N6O4/c1-18(2)41-29(40)36-16-19(22-7-3-8-23(30)25(22)31)10-11-20(17-36)33-27(38)35-14-5-6-21(12-15-35)37-24-9-4-13-32-26(24)34-28(37)39/h3-4,7-9,13,18-21H,5-6,10-12,14-17H2,1-2H3,(H,33,38)(H,32,34,39)/t19-,20-,21?/m1/s1. The molecule has 3 atom stereocenters. The lowest BCUT2D eigenvalue weighted by Crippen LogP contribution is -2.50. The van der Waals surface area contributed by atoms with Crippen molar-refractivity contribution in [3.05, 3.63) is 64.2 Å². The van der Waals surface area contributed by atoms with Gasteiger partial charge in [-0.15, -0.1) is 0 Å². The molecule has 3 amide bonds. The molecule has 3 aromatic rings. The Balaban J connectivity index is 1.27. The zero-order chi connectivity index (χ0) is 29.1. The summed E-state index contributed by atoms with van der Waals surface area (Å²) in [6.45, 7) is 4.81. The Labute approximate surface area is 236 Å². The van der Waals surface area contributed by atoms with Crippen LogP contribution < -0.4 is 11.0 Å². The Morgan fingerprint density at radius 3 is 2.68 bits per heavy atom. The summed E-state index contributed by atoms with van der Waals surface area (Å²) in [5, 5.41) is 3.07. The van der Waals surface area contributed by atoms with Crippen LogP contribution in [0.2, 0.25) is 0 Å². The van der Waals surface area contributed by atoms with E-state index in [4.69, 9.17) is 4.74 Å². The molecule has 220 valence electrons. The number of rotatable bonds is 4. The fraction of sp³-hybridized carbons (Fsp3) is 0.517. The Kier molecular flexibility index (Phi) is 8.55. The Hall–Kier alpha value is -3.96. The summed E-state index contributed by atoms with van der Waals surface area (Å²) in [6.07, 6.45) is 3.72. The van der Waals surface area contributed by atoms with Crippen LogP contribution in [0.3, 0.4) is 0 Å². The van der Waals surface area contributed by atoms with Crippen molar-refractivity contribution < 1.29 is 23.1 Å². The van der Waals surface area contributed by atoms with E-state index in [-0.39, 0.29) is 42.5 Å². The molecule has 2 fully saturated rings. The number of ether oxygens (including phenoxy) is 1. The van der Waals surface area contributed by atoms with E-state index < -0.39 is 29.7 Å². The van der Waals surface area contributed by atoms with Gasteiger partial charge < -0.3 is 19.9 Å². The highest BCUT2D eigenvalue weighted by molar-refractivity contribution is 5.75. The van der Waals surface area contributed by atoms with Gasteiger partial charge in [-0.2, -0.15) is 0 Å². The molecule has 0 bridgehead atoms. The van der Waals surface area contributed by atoms with Crippen LogP contribution in [0.5, 0.6) is 0 Å². The summed E-state index contributed by atoms with van der Waals surface area (Å²) in [4.78, 5) is 49.2. The lowest BCUT2D eigenvalue weighted by atomic mass is 9.93. The van der Waals surface area contributed by atoms with Crippen LogP contribution >= 0.6 is 0 Å². The predicted molar refractivity (Wildman–Crippen MR) is 149 cm³/mol. The van der Waals surface area contributed by atoms with Gasteiger partial charge >= 0.3 is 17.8 Å². The third kappa shape index (κ3) is 6.36. The normalized spacial score (nSPS) is 21.9. The topological polar surface area (TPSA) is 113 Å². The number of halogens is 2. The van der Waals surface area contributed by atoms with Crippen molar-refractivity contribution in [3.63, 3.8) is 0 Å². The summed E-state index contributed by atoms with van der Waals surface area (Å²) in [5.74, 6) is -2.30. The number of imidazole rings is 1. The fourth-order valence-electron chi connectivity index (χ4n) is 5.95. The number of fused-ring (bicyclic) bond motifs is 1. The van der Waals surface area contributed by atoms with Crippen LogP contribution in [0.1, 0.15) is 63.5 Å². The monoisotopic (exact) mass is 570 g/mol. The summed E-state index contributed by atoms with van der Waals surface area (Å²) in [5.41, 5.74) is 1.29. The molecule has 10 nitrogen and oxygen atoms in total. The Morgan fingerprint density at radius 2 is 1.88 bits per heavy atom. The molecule has 0 aliphatic carbocycles. The molecule has 5 rings (SSSR count). The van der Waals surface area contributed by atoms with E-state index in [0.29, 0.717) is 38.0 Å². The van der Waals surface area contributed by atoms with E-state index in [0.717, 1.165) is 24.4 Å².